The van der Waals surface area contributed by atoms with Crippen molar-refractivity contribution >= 4 is 0 Å². The van der Waals surface area contributed by atoms with Crippen molar-refractivity contribution in [1.82, 2.24) is 4.90 Å². The van der Waals surface area contributed by atoms with Gasteiger partial charge < -0.3 is 15.4 Å². The molecule has 0 saturated heterocycles. The highest BCUT2D eigenvalue weighted by molar-refractivity contribution is 5.33. The summed E-state index contributed by atoms with van der Waals surface area (Å²) in [6, 6.07) is 8.72. The van der Waals surface area contributed by atoms with Crippen molar-refractivity contribution in [2.75, 3.05) is 27.2 Å². The van der Waals surface area contributed by atoms with E-state index in [4.69, 9.17) is 10.5 Å². The highest BCUT2D eigenvalue weighted by Gasteiger charge is 2.26. The minimum atomic E-state index is 0.456. The molecular formula is C15H24N2O. The summed E-state index contributed by atoms with van der Waals surface area (Å²) < 4.78 is 5.37. The van der Waals surface area contributed by atoms with Gasteiger partial charge in [0.15, 0.2) is 0 Å². The van der Waals surface area contributed by atoms with Gasteiger partial charge in [0.1, 0.15) is 5.75 Å². The Morgan fingerprint density at radius 1 is 1.33 bits per heavy atom. The van der Waals surface area contributed by atoms with Crippen LogP contribution in [0.4, 0.5) is 0 Å². The molecule has 0 heterocycles. The predicted molar refractivity (Wildman–Crippen MR) is 74.9 cm³/mol. The van der Waals surface area contributed by atoms with Gasteiger partial charge in [-0.25, -0.2) is 0 Å². The fourth-order valence-electron chi connectivity index (χ4n) is 2.69. The number of hydrogen-bond acceptors (Lipinski definition) is 3. The highest BCUT2D eigenvalue weighted by Crippen LogP contribution is 2.26. The summed E-state index contributed by atoms with van der Waals surface area (Å²) in [6.45, 7) is 2.25. The van der Waals surface area contributed by atoms with Crippen LogP contribution in [-0.4, -0.2) is 38.2 Å². The molecule has 1 saturated carbocycles. The van der Waals surface area contributed by atoms with E-state index in [1.807, 2.05) is 12.1 Å². The Hall–Kier alpha value is -1.06. The van der Waals surface area contributed by atoms with Crippen LogP contribution in [0.5, 0.6) is 5.75 Å². The van der Waals surface area contributed by atoms with E-state index in [9.17, 15) is 0 Å². The number of nitrogens with zero attached hydrogens (tertiary/aromatic N) is 1. The van der Waals surface area contributed by atoms with Gasteiger partial charge in [0.2, 0.25) is 0 Å². The lowest BCUT2D eigenvalue weighted by atomic mass is 9.80. The Labute approximate surface area is 110 Å². The van der Waals surface area contributed by atoms with Gasteiger partial charge in [-0.2, -0.15) is 0 Å². The Bertz CT molecular complexity index is 375. The molecule has 1 aromatic rings. The average Bonchev–Trinajstić information content (AvgIpc) is 2.35. The molecule has 0 atom stereocenters. The van der Waals surface area contributed by atoms with Crippen LogP contribution in [-0.2, 0) is 6.42 Å². The molecule has 0 spiro atoms. The smallest absolute Gasteiger partial charge is 0.122 e. The van der Waals surface area contributed by atoms with Crippen molar-refractivity contribution in [1.29, 1.82) is 0 Å². The number of hydrogen-bond donors (Lipinski definition) is 1. The maximum atomic E-state index is 5.81. The lowest BCUT2D eigenvalue weighted by molar-refractivity contribution is 0.183. The molecule has 3 heteroatoms. The molecule has 0 radical (unpaired) electrons. The predicted octanol–water partition coefficient (Wildman–Crippen LogP) is 1.91. The molecule has 1 aliphatic carbocycles. The molecule has 2 rings (SSSR count). The van der Waals surface area contributed by atoms with Crippen molar-refractivity contribution in [3.63, 3.8) is 0 Å². The van der Waals surface area contributed by atoms with Crippen molar-refractivity contribution in [2.24, 2.45) is 11.7 Å². The molecule has 18 heavy (non-hydrogen) atoms. The average molecular weight is 248 g/mol. The molecule has 3 nitrogen and oxygen atoms in total. The van der Waals surface area contributed by atoms with E-state index in [0.717, 1.165) is 24.6 Å². The van der Waals surface area contributed by atoms with Crippen LogP contribution in [0.2, 0.25) is 0 Å². The Morgan fingerprint density at radius 3 is 2.72 bits per heavy atom. The molecule has 1 aliphatic rings. The first kappa shape index (κ1) is 13.4. The third kappa shape index (κ3) is 3.47. The molecule has 0 aromatic heterocycles. The van der Waals surface area contributed by atoms with Crippen molar-refractivity contribution in [3.8, 4) is 5.75 Å². The number of likely N-dealkylation sites (N-methyl/N-ethyl adjacent to an activating group) is 1. The number of methoxy groups -OCH3 is 1. The van der Waals surface area contributed by atoms with E-state index in [2.05, 4.69) is 24.1 Å². The summed E-state index contributed by atoms with van der Waals surface area (Å²) in [4.78, 5) is 2.41. The van der Waals surface area contributed by atoms with Gasteiger partial charge in [-0.1, -0.05) is 18.2 Å². The van der Waals surface area contributed by atoms with Crippen LogP contribution in [0.25, 0.3) is 0 Å². The van der Waals surface area contributed by atoms with Gasteiger partial charge in [0.05, 0.1) is 7.11 Å². The van der Waals surface area contributed by atoms with E-state index >= 15 is 0 Å². The molecule has 100 valence electrons. The number of nitrogens with two attached hydrogens (primary N) is 1. The van der Waals surface area contributed by atoms with Gasteiger partial charge in [0.25, 0.3) is 0 Å². The van der Waals surface area contributed by atoms with Crippen LogP contribution in [0.15, 0.2) is 24.3 Å². The summed E-state index contributed by atoms with van der Waals surface area (Å²) in [6.07, 6.45) is 3.43. The first-order chi connectivity index (χ1) is 8.69. The quantitative estimate of drug-likeness (QED) is 0.835. The highest BCUT2D eigenvalue weighted by atomic mass is 16.5. The van der Waals surface area contributed by atoms with Crippen molar-refractivity contribution in [3.05, 3.63) is 29.8 Å². The summed E-state index contributed by atoms with van der Waals surface area (Å²) >= 11 is 0. The van der Waals surface area contributed by atoms with E-state index in [0.29, 0.717) is 6.04 Å². The first-order valence-corrected chi connectivity index (χ1v) is 6.75. The zero-order chi connectivity index (χ0) is 13.0. The standard InChI is InChI=1S/C15H24N2O/c1-17(11-12-9-14(16)10-12)8-7-13-5-3-4-6-15(13)18-2/h3-6,12,14H,7-11,16H2,1-2H3. The SMILES string of the molecule is COc1ccccc1CCN(C)CC1CC(N)C1. The zero-order valence-corrected chi connectivity index (χ0v) is 11.4. The van der Waals surface area contributed by atoms with Gasteiger partial charge in [-0.15, -0.1) is 0 Å². The van der Waals surface area contributed by atoms with Crippen molar-refractivity contribution in [2.45, 2.75) is 25.3 Å². The second kappa shape index (κ2) is 6.21. The molecule has 0 bridgehead atoms. The van der Waals surface area contributed by atoms with Crippen LogP contribution >= 0.6 is 0 Å². The second-order valence-corrected chi connectivity index (χ2v) is 5.42. The third-order valence-corrected chi connectivity index (χ3v) is 3.80. The van der Waals surface area contributed by atoms with Crippen LogP contribution in [0, 0.1) is 5.92 Å². The Balaban J connectivity index is 1.76. The minimum Gasteiger partial charge on any atom is -0.496 e. The van der Waals surface area contributed by atoms with Gasteiger partial charge in [0, 0.05) is 19.1 Å². The van der Waals surface area contributed by atoms with Gasteiger partial charge >= 0.3 is 0 Å². The first-order valence-electron chi connectivity index (χ1n) is 6.75. The Morgan fingerprint density at radius 2 is 2.06 bits per heavy atom. The maximum absolute atomic E-state index is 5.81. The van der Waals surface area contributed by atoms with E-state index in [1.165, 1.54) is 24.9 Å². The molecule has 0 amide bonds. The van der Waals surface area contributed by atoms with Gasteiger partial charge in [-0.05, 0) is 43.9 Å². The van der Waals surface area contributed by atoms with Crippen LogP contribution in [0.1, 0.15) is 18.4 Å². The van der Waals surface area contributed by atoms with E-state index in [-0.39, 0.29) is 0 Å². The lowest BCUT2D eigenvalue weighted by Crippen LogP contribution is -2.42. The van der Waals surface area contributed by atoms with Crippen LogP contribution in [0.3, 0.4) is 0 Å². The minimum absolute atomic E-state index is 0.456. The Kier molecular flexibility index (Phi) is 4.61. The molecular weight excluding hydrogens is 224 g/mol. The molecule has 0 unspecified atom stereocenters. The fourth-order valence-corrected chi connectivity index (χ4v) is 2.69. The summed E-state index contributed by atoms with van der Waals surface area (Å²) in [7, 11) is 3.93. The van der Waals surface area contributed by atoms with Gasteiger partial charge in [-0.3, -0.25) is 0 Å². The molecule has 0 aliphatic heterocycles. The van der Waals surface area contributed by atoms with Crippen molar-refractivity contribution < 1.29 is 4.74 Å². The lowest BCUT2D eigenvalue weighted by Gasteiger charge is -2.35. The van der Waals surface area contributed by atoms with Crippen LogP contribution < -0.4 is 10.5 Å². The third-order valence-electron chi connectivity index (χ3n) is 3.80. The number of para-hydroxylation sites is 1. The zero-order valence-electron chi connectivity index (χ0n) is 11.4. The summed E-state index contributed by atoms with van der Waals surface area (Å²) in [5.41, 5.74) is 7.10. The normalized spacial score (nSPS) is 22.9. The number of rotatable bonds is 6. The summed E-state index contributed by atoms with van der Waals surface area (Å²) in [5.74, 6) is 1.80. The molecule has 1 aromatic carbocycles. The largest absolute Gasteiger partial charge is 0.496 e. The second-order valence-electron chi connectivity index (χ2n) is 5.42. The number of benzene rings is 1. The molecule has 2 N–H and O–H groups in total. The topological polar surface area (TPSA) is 38.5 Å². The molecule has 1 fully saturated rings. The van der Waals surface area contributed by atoms with E-state index in [1.54, 1.807) is 7.11 Å². The number of ether oxygens (including phenoxy) is 1. The summed E-state index contributed by atoms with van der Waals surface area (Å²) in [5, 5.41) is 0. The fraction of sp³-hybridized carbons (Fsp3) is 0.600. The van der Waals surface area contributed by atoms with E-state index < -0.39 is 0 Å². The monoisotopic (exact) mass is 248 g/mol. The maximum Gasteiger partial charge on any atom is 0.122 e.